The van der Waals surface area contributed by atoms with Crippen molar-refractivity contribution in [2.24, 2.45) is 0 Å². The summed E-state index contributed by atoms with van der Waals surface area (Å²) in [7, 11) is 0. The fraction of sp³-hybridized carbons (Fsp3) is 0.533. The quantitative estimate of drug-likeness (QED) is 0.752. The number of amides is 1. The molecule has 1 fully saturated rings. The second-order valence-corrected chi connectivity index (χ2v) is 5.94. The number of thioether (sulfide) groups is 1. The fourth-order valence-electron chi connectivity index (χ4n) is 2.05. The van der Waals surface area contributed by atoms with Gasteiger partial charge in [0.15, 0.2) is 0 Å². The molecule has 4 nitrogen and oxygen atoms in total. The van der Waals surface area contributed by atoms with Crippen LogP contribution in [0, 0.1) is 0 Å². The number of rotatable bonds is 7. The summed E-state index contributed by atoms with van der Waals surface area (Å²) in [6.45, 7) is 2.31. The van der Waals surface area contributed by atoms with Crippen LogP contribution in [0.4, 0.5) is 0 Å². The first-order chi connectivity index (χ1) is 9.84. The molecule has 6 heteroatoms. The van der Waals surface area contributed by atoms with Crippen molar-refractivity contribution in [1.82, 2.24) is 10.6 Å². The molecule has 1 aromatic rings. The van der Waals surface area contributed by atoms with E-state index in [1.54, 1.807) is 0 Å². The van der Waals surface area contributed by atoms with E-state index in [4.69, 9.17) is 4.74 Å². The second-order valence-electron chi connectivity index (χ2n) is 4.80. The lowest BCUT2D eigenvalue weighted by Crippen LogP contribution is -2.41. The van der Waals surface area contributed by atoms with E-state index in [2.05, 4.69) is 10.6 Å². The van der Waals surface area contributed by atoms with E-state index in [0.717, 1.165) is 30.2 Å². The summed E-state index contributed by atoms with van der Waals surface area (Å²) in [6, 6.07) is 10.1. The summed E-state index contributed by atoms with van der Waals surface area (Å²) in [5.41, 5.74) is 0. The van der Waals surface area contributed by atoms with Crippen molar-refractivity contribution in [3.8, 4) is 5.75 Å². The van der Waals surface area contributed by atoms with Gasteiger partial charge in [-0.05, 0) is 18.6 Å². The standard InChI is InChI=1S/C15H22N2O2S.ClH/c18-15(11-13-12-20-10-8-16-13)17-7-4-9-19-14-5-2-1-3-6-14;/h1-3,5-6,13,16H,4,7-12H2,(H,17,18);1H. The highest BCUT2D eigenvalue weighted by Crippen LogP contribution is 2.10. The number of carbonyl (C=O) groups is 1. The van der Waals surface area contributed by atoms with Gasteiger partial charge in [0, 0.05) is 37.1 Å². The molecule has 1 amide bonds. The van der Waals surface area contributed by atoms with E-state index in [1.165, 1.54) is 0 Å². The predicted octanol–water partition coefficient (Wildman–Crippen LogP) is 2.09. The van der Waals surface area contributed by atoms with Crippen molar-refractivity contribution < 1.29 is 9.53 Å². The smallest absolute Gasteiger partial charge is 0.221 e. The Hall–Kier alpha value is -0.910. The van der Waals surface area contributed by atoms with Gasteiger partial charge in [-0.25, -0.2) is 0 Å². The van der Waals surface area contributed by atoms with Gasteiger partial charge in [0.2, 0.25) is 5.91 Å². The minimum absolute atomic E-state index is 0. The Bertz CT molecular complexity index is 400. The first-order valence-corrected chi connectivity index (χ1v) is 8.26. The van der Waals surface area contributed by atoms with Crippen LogP contribution >= 0.6 is 24.2 Å². The second kappa shape index (κ2) is 10.8. The summed E-state index contributed by atoms with van der Waals surface area (Å²) in [5.74, 6) is 3.19. The Kier molecular flexibility index (Phi) is 9.30. The summed E-state index contributed by atoms with van der Waals surface area (Å²) in [5, 5.41) is 6.31. The Morgan fingerprint density at radius 2 is 2.19 bits per heavy atom. The lowest BCUT2D eigenvalue weighted by molar-refractivity contribution is -0.121. The molecule has 1 unspecified atom stereocenters. The van der Waals surface area contributed by atoms with Gasteiger partial charge in [-0.3, -0.25) is 4.79 Å². The molecular weight excluding hydrogens is 308 g/mol. The molecule has 1 saturated heterocycles. The third-order valence-electron chi connectivity index (χ3n) is 3.09. The summed E-state index contributed by atoms with van der Waals surface area (Å²) in [6.07, 6.45) is 1.40. The molecule has 118 valence electrons. The molecule has 2 N–H and O–H groups in total. The molecule has 1 aliphatic heterocycles. The molecule has 0 spiro atoms. The zero-order chi connectivity index (χ0) is 14.0. The number of para-hydroxylation sites is 1. The molecule has 1 heterocycles. The van der Waals surface area contributed by atoms with Gasteiger partial charge >= 0.3 is 0 Å². The molecule has 21 heavy (non-hydrogen) atoms. The first kappa shape index (κ1) is 18.1. The van der Waals surface area contributed by atoms with Crippen molar-refractivity contribution in [3.05, 3.63) is 30.3 Å². The molecular formula is C15H23ClN2O2S. The molecule has 1 atom stereocenters. The maximum atomic E-state index is 11.7. The van der Waals surface area contributed by atoms with Crippen molar-refractivity contribution in [2.45, 2.75) is 18.9 Å². The summed E-state index contributed by atoms with van der Waals surface area (Å²) in [4.78, 5) is 11.7. The van der Waals surface area contributed by atoms with Crippen LogP contribution in [0.5, 0.6) is 5.75 Å². The lowest BCUT2D eigenvalue weighted by Gasteiger charge is -2.22. The zero-order valence-corrected chi connectivity index (χ0v) is 13.7. The largest absolute Gasteiger partial charge is 0.494 e. The zero-order valence-electron chi connectivity index (χ0n) is 12.0. The molecule has 0 aliphatic carbocycles. The highest BCUT2D eigenvalue weighted by atomic mass is 35.5. The number of hydrogen-bond donors (Lipinski definition) is 2. The minimum atomic E-state index is 0. The average Bonchev–Trinajstić information content (AvgIpc) is 2.49. The number of benzene rings is 1. The lowest BCUT2D eigenvalue weighted by atomic mass is 10.2. The van der Waals surface area contributed by atoms with E-state index in [0.29, 0.717) is 25.6 Å². The van der Waals surface area contributed by atoms with Gasteiger partial charge < -0.3 is 15.4 Å². The molecule has 0 radical (unpaired) electrons. The highest BCUT2D eigenvalue weighted by Gasteiger charge is 2.16. The van der Waals surface area contributed by atoms with Gasteiger partial charge in [0.05, 0.1) is 6.61 Å². The van der Waals surface area contributed by atoms with Crippen LogP contribution in [0.1, 0.15) is 12.8 Å². The van der Waals surface area contributed by atoms with Crippen molar-refractivity contribution in [2.75, 3.05) is 31.2 Å². The number of hydrogen-bond acceptors (Lipinski definition) is 4. The summed E-state index contributed by atoms with van der Waals surface area (Å²) >= 11 is 1.91. The SMILES string of the molecule is Cl.O=C(CC1CSCCN1)NCCCOc1ccccc1. The number of carbonyl (C=O) groups excluding carboxylic acids is 1. The number of nitrogens with one attached hydrogen (secondary N) is 2. The van der Waals surface area contributed by atoms with Crippen LogP contribution in [-0.4, -0.2) is 43.2 Å². The summed E-state index contributed by atoms with van der Waals surface area (Å²) < 4.78 is 5.57. The van der Waals surface area contributed by atoms with Crippen LogP contribution in [0.2, 0.25) is 0 Å². The van der Waals surface area contributed by atoms with Gasteiger partial charge in [-0.1, -0.05) is 18.2 Å². The average molecular weight is 331 g/mol. The third-order valence-corrected chi connectivity index (χ3v) is 4.22. The van der Waals surface area contributed by atoms with Crippen LogP contribution < -0.4 is 15.4 Å². The normalized spacial score (nSPS) is 17.6. The Labute approximate surface area is 136 Å². The predicted molar refractivity (Wildman–Crippen MR) is 90.5 cm³/mol. The Morgan fingerprint density at radius 3 is 2.90 bits per heavy atom. The van der Waals surface area contributed by atoms with Crippen LogP contribution in [-0.2, 0) is 4.79 Å². The van der Waals surface area contributed by atoms with Crippen LogP contribution in [0.3, 0.4) is 0 Å². The minimum Gasteiger partial charge on any atom is -0.494 e. The maximum absolute atomic E-state index is 11.7. The number of halogens is 1. The number of ether oxygens (including phenoxy) is 1. The van der Waals surface area contributed by atoms with Crippen molar-refractivity contribution in [1.29, 1.82) is 0 Å². The van der Waals surface area contributed by atoms with Crippen LogP contribution in [0.15, 0.2) is 30.3 Å². The van der Waals surface area contributed by atoms with Crippen molar-refractivity contribution in [3.63, 3.8) is 0 Å². The third kappa shape index (κ3) is 7.60. The molecule has 1 aliphatic rings. The van der Waals surface area contributed by atoms with Gasteiger partial charge in [0.25, 0.3) is 0 Å². The van der Waals surface area contributed by atoms with Gasteiger partial charge in [-0.2, -0.15) is 11.8 Å². The van der Waals surface area contributed by atoms with Gasteiger partial charge in [-0.15, -0.1) is 12.4 Å². The van der Waals surface area contributed by atoms with Crippen molar-refractivity contribution >= 4 is 30.1 Å². The molecule has 1 aromatic carbocycles. The van der Waals surface area contributed by atoms with Crippen LogP contribution in [0.25, 0.3) is 0 Å². The van der Waals surface area contributed by atoms with E-state index < -0.39 is 0 Å². The van der Waals surface area contributed by atoms with E-state index in [1.807, 2.05) is 42.1 Å². The van der Waals surface area contributed by atoms with E-state index in [-0.39, 0.29) is 18.3 Å². The monoisotopic (exact) mass is 330 g/mol. The molecule has 2 rings (SSSR count). The molecule has 0 bridgehead atoms. The Morgan fingerprint density at radius 1 is 1.38 bits per heavy atom. The topological polar surface area (TPSA) is 50.4 Å². The fourth-order valence-corrected chi connectivity index (χ4v) is 3.00. The highest BCUT2D eigenvalue weighted by molar-refractivity contribution is 7.99. The first-order valence-electron chi connectivity index (χ1n) is 7.10. The van der Waals surface area contributed by atoms with E-state index in [9.17, 15) is 4.79 Å². The van der Waals surface area contributed by atoms with Gasteiger partial charge in [0.1, 0.15) is 5.75 Å². The maximum Gasteiger partial charge on any atom is 0.221 e. The molecule has 0 aromatic heterocycles. The Balaban J connectivity index is 0.00000220. The van der Waals surface area contributed by atoms with E-state index >= 15 is 0 Å². The molecule has 0 saturated carbocycles.